The van der Waals surface area contributed by atoms with Gasteiger partial charge in [0.2, 0.25) is 0 Å². The fourth-order valence-corrected chi connectivity index (χ4v) is 10.4. The Morgan fingerprint density at radius 2 is 1.17 bits per heavy atom. The van der Waals surface area contributed by atoms with Crippen LogP contribution in [0, 0.1) is 0 Å². The number of anilines is 1. The van der Waals surface area contributed by atoms with Crippen molar-refractivity contribution in [2.45, 2.75) is 24.3 Å². The maximum Gasteiger partial charge on any atom is 0.0779 e. The molecule has 0 saturated carbocycles. The number of nitrogens with one attached hydrogen (secondary N) is 1. The molecular weight excluding hydrogens is 629 g/mol. The van der Waals surface area contributed by atoms with E-state index in [1.54, 1.807) is 5.57 Å². The zero-order valence-corrected chi connectivity index (χ0v) is 28.6. The summed E-state index contributed by atoms with van der Waals surface area (Å²) in [5, 5.41) is 6.63. The van der Waals surface area contributed by atoms with Crippen LogP contribution in [0.25, 0.3) is 55.3 Å². The Morgan fingerprint density at radius 1 is 0.538 bits per heavy atom. The van der Waals surface area contributed by atoms with Gasteiger partial charge in [0.05, 0.1) is 22.5 Å². The second-order valence-electron chi connectivity index (χ2n) is 14.7. The molecule has 1 spiro atoms. The number of para-hydroxylation sites is 3. The Bertz CT molecular complexity index is 2830. The molecule has 2 unspecified atom stereocenters. The van der Waals surface area contributed by atoms with E-state index in [9.17, 15) is 0 Å². The SMILES string of the molecule is C1=CC2=C(CC1)C1(c3ccccc32)c2ccccc2-c2c1ccc1c2C(c2ccc(-n3c4ccccc4c4ccccc43)cc2)Nc2ccccc2-1. The van der Waals surface area contributed by atoms with E-state index in [4.69, 9.17) is 0 Å². The van der Waals surface area contributed by atoms with Crippen molar-refractivity contribution in [2.24, 2.45) is 0 Å². The molecule has 244 valence electrons. The second kappa shape index (κ2) is 10.3. The van der Waals surface area contributed by atoms with Gasteiger partial charge in [0.15, 0.2) is 0 Å². The molecule has 2 heterocycles. The highest BCUT2D eigenvalue weighted by Crippen LogP contribution is 2.65. The lowest BCUT2D eigenvalue weighted by Gasteiger charge is -2.35. The van der Waals surface area contributed by atoms with Gasteiger partial charge in [-0.1, -0.05) is 140 Å². The zero-order valence-electron chi connectivity index (χ0n) is 28.6. The fraction of sp³-hybridized carbons (Fsp3) is 0.0800. The average Bonchev–Trinajstić information content (AvgIpc) is 3.83. The van der Waals surface area contributed by atoms with Crippen molar-refractivity contribution in [3.05, 3.63) is 209 Å². The minimum absolute atomic E-state index is 0.0217. The number of hydrogen-bond acceptors (Lipinski definition) is 1. The van der Waals surface area contributed by atoms with Crippen LogP contribution < -0.4 is 5.32 Å². The van der Waals surface area contributed by atoms with Gasteiger partial charge in [0.25, 0.3) is 0 Å². The lowest BCUT2D eigenvalue weighted by Crippen LogP contribution is -2.28. The van der Waals surface area contributed by atoms with Crippen LogP contribution in [0.4, 0.5) is 5.69 Å². The largest absolute Gasteiger partial charge is 0.374 e. The summed E-state index contributed by atoms with van der Waals surface area (Å²) < 4.78 is 2.41. The minimum Gasteiger partial charge on any atom is -0.374 e. The van der Waals surface area contributed by atoms with Crippen molar-refractivity contribution in [1.29, 1.82) is 0 Å². The monoisotopic (exact) mass is 662 g/mol. The van der Waals surface area contributed by atoms with Gasteiger partial charge in [0.1, 0.15) is 0 Å². The highest BCUT2D eigenvalue weighted by atomic mass is 15.0. The molecule has 3 aliphatic carbocycles. The molecule has 2 nitrogen and oxygen atoms in total. The fourth-order valence-electron chi connectivity index (χ4n) is 10.4. The second-order valence-corrected chi connectivity index (χ2v) is 14.7. The molecule has 1 aromatic heterocycles. The number of allylic oxidation sites excluding steroid dienone is 4. The van der Waals surface area contributed by atoms with Gasteiger partial charge in [-0.2, -0.15) is 0 Å². The topological polar surface area (TPSA) is 17.0 Å². The van der Waals surface area contributed by atoms with Crippen LogP contribution >= 0.6 is 0 Å². The molecule has 4 aliphatic rings. The third-order valence-electron chi connectivity index (χ3n) is 12.4. The van der Waals surface area contributed by atoms with Gasteiger partial charge in [-0.15, -0.1) is 0 Å². The number of rotatable bonds is 2. The van der Waals surface area contributed by atoms with Gasteiger partial charge >= 0.3 is 0 Å². The summed E-state index contributed by atoms with van der Waals surface area (Å²) in [6.07, 6.45) is 6.90. The van der Waals surface area contributed by atoms with Crippen molar-refractivity contribution in [1.82, 2.24) is 4.57 Å². The van der Waals surface area contributed by atoms with Crippen LogP contribution in [-0.2, 0) is 5.41 Å². The summed E-state index contributed by atoms with van der Waals surface area (Å²) in [6, 6.07) is 59.0. The standard InChI is InChI=1S/C50H34N2/c1-7-19-40-33(13-1)34-14-2-8-20-41(34)50(40)42-21-9-3-18-39(42)47-43(50)30-29-38-35-15-4-10-22-44(35)51-49(48(38)47)31-25-27-32(28-26-31)52-45-23-11-5-16-36(45)37-17-6-12-24-46(37)52/h1-7,9-19,21-30,49,51H,8,20H2. The summed E-state index contributed by atoms with van der Waals surface area (Å²) in [5.74, 6) is 0. The molecule has 2 heteroatoms. The molecule has 8 aromatic rings. The predicted molar refractivity (Wildman–Crippen MR) is 215 cm³/mol. The van der Waals surface area contributed by atoms with Crippen LogP contribution in [0.5, 0.6) is 0 Å². The molecule has 0 amide bonds. The third kappa shape index (κ3) is 3.49. The molecular formula is C50H34N2. The van der Waals surface area contributed by atoms with Gasteiger partial charge in [0, 0.05) is 27.7 Å². The number of benzene rings is 7. The smallest absolute Gasteiger partial charge is 0.0779 e. The van der Waals surface area contributed by atoms with E-state index >= 15 is 0 Å². The predicted octanol–water partition coefficient (Wildman–Crippen LogP) is 12.4. The molecule has 1 aliphatic heterocycles. The van der Waals surface area contributed by atoms with Crippen molar-refractivity contribution in [3.8, 4) is 27.9 Å². The highest BCUT2D eigenvalue weighted by molar-refractivity contribution is 6.09. The van der Waals surface area contributed by atoms with Crippen LogP contribution in [0.3, 0.4) is 0 Å². The first-order valence-electron chi connectivity index (χ1n) is 18.5. The van der Waals surface area contributed by atoms with Crippen molar-refractivity contribution < 1.29 is 0 Å². The third-order valence-corrected chi connectivity index (χ3v) is 12.4. The molecule has 0 radical (unpaired) electrons. The minimum atomic E-state index is -0.292. The van der Waals surface area contributed by atoms with E-state index in [1.807, 2.05) is 0 Å². The molecule has 2 atom stereocenters. The zero-order chi connectivity index (χ0) is 34.0. The van der Waals surface area contributed by atoms with Crippen molar-refractivity contribution in [2.75, 3.05) is 5.32 Å². The van der Waals surface area contributed by atoms with E-state index in [0.29, 0.717) is 0 Å². The van der Waals surface area contributed by atoms with Gasteiger partial charge in [-0.3, -0.25) is 0 Å². The highest BCUT2D eigenvalue weighted by Gasteiger charge is 2.53. The molecule has 1 N–H and O–H groups in total. The average molecular weight is 663 g/mol. The Morgan fingerprint density at radius 3 is 1.94 bits per heavy atom. The first-order chi connectivity index (χ1) is 25.8. The molecule has 52 heavy (non-hydrogen) atoms. The molecule has 0 bridgehead atoms. The maximum atomic E-state index is 4.07. The number of nitrogens with zero attached hydrogens (tertiary/aromatic N) is 1. The van der Waals surface area contributed by atoms with E-state index in [0.717, 1.165) is 12.8 Å². The molecule has 0 fully saturated rings. The van der Waals surface area contributed by atoms with Gasteiger partial charge in [-0.25, -0.2) is 0 Å². The lowest BCUT2D eigenvalue weighted by atomic mass is 9.67. The van der Waals surface area contributed by atoms with Crippen LogP contribution in [0.2, 0.25) is 0 Å². The van der Waals surface area contributed by atoms with E-state index < -0.39 is 0 Å². The first kappa shape index (κ1) is 28.3. The summed E-state index contributed by atoms with van der Waals surface area (Å²) in [4.78, 5) is 0. The quantitative estimate of drug-likeness (QED) is 0.195. The van der Waals surface area contributed by atoms with E-state index in [-0.39, 0.29) is 11.5 Å². The van der Waals surface area contributed by atoms with Gasteiger partial charge in [-0.05, 0) is 104 Å². The number of fused-ring (bicyclic) bond motifs is 16. The number of hydrogen-bond donors (Lipinski definition) is 1. The van der Waals surface area contributed by atoms with Crippen LogP contribution in [0.1, 0.15) is 52.3 Å². The van der Waals surface area contributed by atoms with Crippen LogP contribution in [-0.4, -0.2) is 4.57 Å². The first-order valence-corrected chi connectivity index (χ1v) is 18.5. The Hall–Kier alpha value is -6.38. The van der Waals surface area contributed by atoms with E-state index in [1.165, 1.54) is 94.4 Å². The summed E-state index contributed by atoms with van der Waals surface area (Å²) in [6.45, 7) is 0. The van der Waals surface area contributed by atoms with Gasteiger partial charge < -0.3 is 9.88 Å². The van der Waals surface area contributed by atoms with Crippen molar-refractivity contribution >= 4 is 33.1 Å². The Balaban J connectivity index is 1.11. The summed E-state index contributed by atoms with van der Waals surface area (Å²) in [5.41, 5.74) is 21.1. The molecule has 7 aromatic carbocycles. The normalized spacial score (nSPS) is 18.9. The maximum absolute atomic E-state index is 4.07. The molecule has 0 saturated heterocycles. The Labute approximate surface area is 303 Å². The Kier molecular flexibility index (Phi) is 5.63. The van der Waals surface area contributed by atoms with E-state index in [2.05, 4.69) is 180 Å². The lowest BCUT2D eigenvalue weighted by molar-refractivity contribution is 0.713. The van der Waals surface area contributed by atoms with Crippen LogP contribution in [0.15, 0.2) is 175 Å². The summed E-state index contributed by atoms with van der Waals surface area (Å²) >= 11 is 0. The molecule has 12 rings (SSSR count). The van der Waals surface area contributed by atoms with Crippen molar-refractivity contribution in [3.63, 3.8) is 0 Å². The summed E-state index contributed by atoms with van der Waals surface area (Å²) in [7, 11) is 0. The number of aromatic nitrogens is 1.